The molecule has 1 fully saturated rings. The van der Waals surface area contributed by atoms with Gasteiger partial charge in [0, 0.05) is 37.6 Å². The standard InChI is InChI=1S/C21H22N2O5/c1-2-28-21(25)20-13-18(24)12-19(16-9-6-10-17(11-16)23(26)27)22(20)14-15-7-4-3-5-8-15/h3-11,19-20H,2,12-14H2,1H3/t19-,20-/m0/s1. The third-order valence-electron chi connectivity index (χ3n) is 4.88. The summed E-state index contributed by atoms with van der Waals surface area (Å²) < 4.78 is 5.20. The molecule has 0 aliphatic carbocycles. The molecule has 1 heterocycles. The van der Waals surface area contributed by atoms with E-state index in [-0.39, 0.29) is 30.9 Å². The molecule has 7 heteroatoms. The van der Waals surface area contributed by atoms with Crippen LogP contribution < -0.4 is 0 Å². The maximum absolute atomic E-state index is 12.6. The molecule has 0 aromatic heterocycles. The van der Waals surface area contributed by atoms with Crippen molar-refractivity contribution in [1.82, 2.24) is 4.90 Å². The van der Waals surface area contributed by atoms with E-state index < -0.39 is 23.0 Å². The molecule has 0 radical (unpaired) electrons. The number of benzene rings is 2. The van der Waals surface area contributed by atoms with Gasteiger partial charge in [-0.1, -0.05) is 42.5 Å². The van der Waals surface area contributed by atoms with Crippen LogP contribution in [0.5, 0.6) is 0 Å². The number of nitro groups is 1. The predicted molar refractivity (Wildman–Crippen MR) is 102 cm³/mol. The van der Waals surface area contributed by atoms with Crippen LogP contribution in [0.2, 0.25) is 0 Å². The number of carbonyl (C=O) groups excluding carboxylic acids is 2. The van der Waals surface area contributed by atoms with E-state index in [0.29, 0.717) is 12.1 Å². The highest BCUT2D eigenvalue weighted by atomic mass is 16.6. The number of ether oxygens (including phenoxy) is 1. The van der Waals surface area contributed by atoms with Crippen molar-refractivity contribution in [2.45, 2.75) is 38.4 Å². The Kier molecular flexibility index (Phi) is 6.16. The molecule has 0 unspecified atom stereocenters. The van der Waals surface area contributed by atoms with Crippen LogP contribution in [0.3, 0.4) is 0 Å². The molecule has 0 spiro atoms. The van der Waals surface area contributed by atoms with E-state index in [0.717, 1.165) is 5.56 Å². The third-order valence-corrected chi connectivity index (χ3v) is 4.88. The van der Waals surface area contributed by atoms with Crippen molar-refractivity contribution < 1.29 is 19.2 Å². The highest BCUT2D eigenvalue weighted by Gasteiger charge is 2.40. The first kappa shape index (κ1) is 19.7. The number of piperidine rings is 1. The molecule has 146 valence electrons. The Hall–Kier alpha value is -3.06. The normalized spacial score (nSPS) is 20.0. The van der Waals surface area contributed by atoms with Gasteiger partial charge in [-0.3, -0.25) is 24.6 Å². The fourth-order valence-corrected chi connectivity index (χ4v) is 3.59. The van der Waals surface area contributed by atoms with Crippen molar-refractivity contribution in [2.24, 2.45) is 0 Å². The lowest BCUT2D eigenvalue weighted by molar-refractivity contribution is -0.385. The number of esters is 1. The maximum atomic E-state index is 12.6. The van der Waals surface area contributed by atoms with Gasteiger partial charge in [-0.15, -0.1) is 0 Å². The van der Waals surface area contributed by atoms with Crippen LogP contribution in [-0.4, -0.2) is 34.2 Å². The third kappa shape index (κ3) is 4.43. The smallest absolute Gasteiger partial charge is 0.323 e. The van der Waals surface area contributed by atoms with Gasteiger partial charge >= 0.3 is 5.97 Å². The topological polar surface area (TPSA) is 89.8 Å². The fourth-order valence-electron chi connectivity index (χ4n) is 3.59. The van der Waals surface area contributed by atoms with E-state index in [9.17, 15) is 19.7 Å². The van der Waals surface area contributed by atoms with Gasteiger partial charge in [0.25, 0.3) is 5.69 Å². The van der Waals surface area contributed by atoms with Crippen LogP contribution in [0, 0.1) is 10.1 Å². The van der Waals surface area contributed by atoms with Gasteiger partial charge in [0.05, 0.1) is 11.5 Å². The molecular formula is C21H22N2O5. The summed E-state index contributed by atoms with van der Waals surface area (Å²) in [6.07, 6.45) is 0.279. The highest BCUT2D eigenvalue weighted by molar-refractivity contribution is 5.88. The van der Waals surface area contributed by atoms with Gasteiger partial charge in [-0.05, 0) is 18.1 Å². The van der Waals surface area contributed by atoms with E-state index in [1.165, 1.54) is 12.1 Å². The average Bonchev–Trinajstić information content (AvgIpc) is 2.70. The quantitative estimate of drug-likeness (QED) is 0.432. The second kappa shape index (κ2) is 8.75. The molecule has 3 rings (SSSR count). The molecule has 28 heavy (non-hydrogen) atoms. The molecule has 2 atom stereocenters. The van der Waals surface area contributed by atoms with E-state index in [4.69, 9.17) is 4.74 Å². The summed E-state index contributed by atoms with van der Waals surface area (Å²) in [5.74, 6) is -0.499. The summed E-state index contributed by atoms with van der Waals surface area (Å²) in [7, 11) is 0. The summed E-state index contributed by atoms with van der Waals surface area (Å²) in [4.78, 5) is 37.6. The summed E-state index contributed by atoms with van der Waals surface area (Å²) in [5, 5.41) is 11.2. The summed E-state index contributed by atoms with van der Waals surface area (Å²) in [5.41, 5.74) is 1.59. The molecule has 2 aromatic carbocycles. The zero-order chi connectivity index (χ0) is 20.1. The van der Waals surface area contributed by atoms with Gasteiger partial charge in [-0.25, -0.2) is 0 Å². The number of Topliss-reactive ketones (excluding diaryl/α,β-unsaturated/α-hetero) is 1. The summed E-state index contributed by atoms with van der Waals surface area (Å²) >= 11 is 0. The summed E-state index contributed by atoms with van der Waals surface area (Å²) in [6, 6.07) is 14.7. The van der Waals surface area contributed by atoms with Crippen molar-refractivity contribution >= 4 is 17.4 Å². The van der Waals surface area contributed by atoms with Crippen molar-refractivity contribution in [3.8, 4) is 0 Å². The monoisotopic (exact) mass is 382 g/mol. The minimum atomic E-state index is -0.717. The van der Waals surface area contributed by atoms with Gasteiger partial charge in [0.15, 0.2) is 0 Å². The number of non-ortho nitro benzene ring substituents is 1. The Morgan fingerprint density at radius 3 is 2.61 bits per heavy atom. The van der Waals surface area contributed by atoms with Gasteiger partial charge in [0.2, 0.25) is 0 Å². The highest BCUT2D eigenvalue weighted by Crippen LogP contribution is 2.36. The molecule has 0 saturated carbocycles. The Morgan fingerprint density at radius 1 is 1.18 bits per heavy atom. The van der Waals surface area contributed by atoms with Crippen molar-refractivity contribution in [3.05, 3.63) is 75.8 Å². The van der Waals surface area contributed by atoms with Gasteiger partial charge in [-0.2, -0.15) is 0 Å². The summed E-state index contributed by atoms with van der Waals surface area (Å²) in [6.45, 7) is 2.39. The van der Waals surface area contributed by atoms with Crippen molar-refractivity contribution in [2.75, 3.05) is 6.61 Å². The fraction of sp³-hybridized carbons (Fsp3) is 0.333. The van der Waals surface area contributed by atoms with Gasteiger partial charge in [0.1, 0.15) is 11.8 Å². The second-order valence-corrected chi connectivity index (χ2v) is 6.74. The first-order valence-corrected chi connectivity index (χ1v) is 9.22. The number of nitrogens with zero attached hydrogens (tertiary/aromatic N) is 2. The Labute approximate surface area is 163 Å². The zero-order valence-electron chi connectivity index (χ0n) is 15.6. The lowest BCUT2D eigenvalue weighted by Crippen LogP contribution is -2.49. The lowest BCUT2D eigenvalue weighted by Gasteiger charge is -2.40. The second-order valence-electron chi connectivity index (χ2n) is 6.74. The first-order valence-electron chi connectivity index (χ1n) is 9.22. The Balaban J connectivity index is 2.00. The van der Waals surface area contributed by atoms with E-state index in [2.05, 4.69) is 0 Å². The number of likely N-dealkylation sites (tertiary alicyclic amines) is 1. The molecule has 7 nitrogen and oxygen atoms in total. The molecule has 1 saturated heterocycles. The number of hydrogen-bond donors (Lipinski definition) is 0. The van der Waals surface area contributed by atoms with E-state index in [1.54, 1.807) is 19.1 Å². The first-order chi connectivity index (χ1) is 13.5. The van der Waals surface area contributed by atoms with Crippen LogP contribution in [0.25, 0.3) is 0 Å². The number of carbonyl (C=O) groups is 2. The molecular weight excluding hydrogens is 360 g/mol. The lowest BCUT2D eigenvalue weighted by atomic mass is 9.89. The number of nitro benzene ring substituents is 1. The molecule has 1 aliphatic heterocycles. The number of hydrogen-bond acceptors (Lipinski definition) is 6. The van der Waals surface area contributed by atoms with Crippen molar-refractivity contribution in [3.63, 3.8) is 0 Å². The number of ketones is 1. The predicted octanol–water partition coefficient (Wildman–Crippen LogP) is 3.43. The largest absolute Gasteiger partial charge is 0.465 e. The van der Waals surface area contributed by atoms with Crippen LogP contribution in [-0.2, 0) is 20.9 Å². The van der Waals surface area contributed by atoms with Crippen LogP contribution in [0.1, 0.15) is 36.9 Å². The number of rotatable bonds is 6. The Morgan fingerprint density at radius 2 is 1.93 bits per heavy atom. The van der Waals surface area contributed by atoms with E-state index in [1.807, 2.05) is 35.2 Å². The van der Waals surface area contributed by atoms with E-state index >= 15 is 0 Å². The van der Waals surface area contributed by atoms with Crippen LogP contribution >= 0.6 is 0 Å². The molecule has 0 N–H and O–H groups in total. The van der Waals surface area contributed by atoms with Crippen LogP contribution in [0.15, 0.2) is 54.6 Å². The SMILES string of the molecule is CCOC(=O)[C@@H]1CC(=O)C[C@@H](c2cccc([N+](=O)[O-])c2)N1Cc1ccccc1. The maximum Gasteiger partial charge on any atom is 0.323 e. The minimum Gasteiger partial charge on any atom is -0.465 e. The van der Waals surface area contributed by atoms with Gasteiger partial charge < -0.3 is 4.74 Å². The minimum absolute atomic E-state index is 0.0390. The zero-order valence-corrected chi connectivity index (χ0v) is 15.6. The molecule has 2 aromatic rings. The van der Waals surface area contributed by atoms with Crippen molar-refractivity contribution in [1.29, 1.82) is 0 Å². The van der Waals surface area contributed by atoms with Crippen LogP contribution in [0.4, 0.5) is 5.69 Å². The average molecular weight is 382 g/mol. The molecule has 0 amide bonds. The molecule has 0 bridgehead atoms. The Bertz CT molecular complexity index is 868. The molecule has 1 aliphatic rings.